The monoisotopic (exact) mass is 304 g/mol. The molecule has 0 radical (unpaired) electrons. The highest BCUT2D eigenvalue weighted by Gasteiger charge is 2.07. The first kappa shape index (κ1) is 13.2. The van der Waals surface area contributed by atoms with Crippen LogP contribution in [0.3, 0.4) is 0 Å². The van der Waals surface area contributed by atoms with Crippen molar-refractivity contribution in [2.45, 2.75) is 6.54 Å². The van der Waals surface area contributed by atoms with Gasteiger partial charge in [0, 0.05) is 17.1 Å². The molecule has 0 aliphatic heterocycles. The lowest BCUT2D eigenvalue weighted by atomic mass is 10.2. The molecule has 100 valence electrons. The van der Waals surface area contributed by atoms with Gasteiger partial charge in [0.25, 0.3) is 0 Å². The number of carbonyl (C=O) groups excluding carboxylic acids is 1. The van der Waals surface area contributed by atoms with Crippen LogP contribution in [0.5, 0.6) is 0 Å². The Morgan fingerprint density at radius 1 is 1.20 bits per heavy atom. The van der Waals surface area contributed by atoms with E-state index in [0.717, 1.165) is 22.8 Å². The van der Waals surface area contributed by atoms with Gasteiger partial charge < -0.3 is 0 Å². The van der Waals surface area contributed by atoms with Crippen molar-refractivity contribution in [2.75, 3.05) is 0 Å². The van der Waals surface area contributed by atoms with E-state index < -0.39 is 0 Å². The number of carbonyl (C=O) groups is 1. The van der Waals surface area contributed by atoms with E-state index >= 15 is 0 Å². The van der Waals surface area contributed by atoms with Crippen LogP contribution >= 0.6 is 23.2 Å². The van der Waals surface area contributed by atoms with Crippen molar-refractivity contribution in [1.82, 2.24) is 9.78 Å². The average Bonchev–Trinajstić information content (AvgIpc) is 2.85. The lowest BCUT2D eigenvalue weighted by molar-refractivity contribution is 0.112. The molecule has 0 aliphatic carbocycles. The van der Waals surface area contributed by atoms with Gasteiger partial charge in [-0.2, -0.15) is 5.10 Å². The quantitative estimate of drug-likeness (QED) is 0.680. The predicted molar refractivity (Wildman–Crippen MR) is 80.7 cm³/mol. The fraction of sp³-hybridized carbons (Fsp3) is 0.0667. The molecule has 0 saturated carbocycles. The topological polar surface area (TPSA) is 34.9 Å². The highest BCUT2D eigenvalue weighted by atomic mass is 35.5. The summed E-state index contributed by atoms with van der Waals surface area (Å²) in [6.45, 7) is 0.532. The summed E-state index contributed by atoms with van der Waals surface area (Å²) in [5.74, 6) is 0. The second kappa shape index (κ2) is 5.27. The van der Waals surface area contributed by atoms with E-state index in [9.17, 15) is 4.79 Å². The molecule has 0 aliphatic rings. The normalized spacial score (nSPS) is 10.9. The standard InChI is InChI=1S/C15H10Cl2N2O/c16-13-3-1-2-11(15(13)17)7-19-8-12-6-10(9-20)4-5-14(12)18-19/h1-6,8-9H,7H2. The van der Waals surface area contributed by atoms with Crippen LogP contribution in [0.25, 0.3) is 10.9 Å². The second-order valence-electron chi connectivity index (χ2n) is 4.48. The minimum Gasteiger partial charge on any atom is -0.298 e. The highest BCUT2D eigenvalue weighted by molar-refractivity contribution is 6.42. The fourth-order valence-corrected chi connectivity index (χ4v) is 2.47. The number of fused-ring (bicyclic) bond motifs is 1. The first-order valence-electron chi connectivity index (χ1n) is 6.02. The Labute approximate surface area is 125 Å². The van der Waals surface area contributed by atoms with Gasteiger partial charge >= 0.3 is 0 Å². The molecule has 1 heterocycles. The van der Waals surface area contributed by atoms with E-state index in [-0.39, 0.29) is 0 Å². The van der Waals surface area contributed by atoms with E-state index in [1.54, 1.807) is 16.8 Å². The van der Waals surface area contributed by atoms with Crippen molar-refractivity contribution < 1.29 is 4.79 Å². The lowest BCUT2D eigenvalue weighted by Gasteiger charge is -2.05. The van der Waals surface area contributed by atoms with Crippen LogP contribution in [-0.4, -0.2) is 16.1 Å². The minimum atomic E-state index is 0.532. The molecule has 0 N–H and O–H groups in total. The highest BCUT2D eigenvalue weighted by Crippen LogP contribution is 2.26. The summed E-state index contributed by atoms with van der Waals surface area (Å²) < 4.78 is 1.79. The summed E-state index contributed by atoms with van der Waals surface area (Å²) in [6, 6.07) is 10.9. The number of halogens is 2. The first-order chi connectivity index (χ1) is 9.67. The number of aldehydes is 1. The van der Waals surface area contributed by atoms with E-state index in [2.05, 4.69) is 5.10 Å². The molecule has 1 aromatic heterocycles. The molecule has 0 amide bonds. The van der Waals surface area contributed by atoms with Crippen LogP contribution in [-0.2, 0) is 6.54 Å². The zero-order chi connectivity index (χ0) is 14.1. The maximum absolute atomic E-state index is 10.8. The Balaban J connectivity index is 1.98. The van der Waals surface area contributed by atoms with Crippen LogP contribution < -0.4 is 0 Å². The predicted octanol–water partition coefficient (Wildman–Crippen LogP) is 4.20. The molecule has 3 aromatic rings. The number of rotatable bonds is 3. The fourth-order valence-electron chi connectivity index (χ4n) is 2.09. The Bertz CT molecular complexity index is 796. The Kier molecular flexibility index (Phi) is 3.47. The number of nitrogens with zero attached hydrogens (tertiary/aromatic N) is 2. The van der Waals surface area contributed by atoms with Gasteiger partial charge in [-0.25, -0.2) is 0 Å². The van der Waals surface area contributed by atoms with Crippen molar-refractivity contribution in [1.29, 1.82) is 0 Å². The molecule has 0 fully saturated rings. The lowest BCUT2D eigenvalue weighted by Crippen LogP contribution is -2.00. The van der Waals surface area contributed by atoms with E-state index in [0.29, 0.717) is 22.2 Å². The van der Waals surface area contributed by atoms with Crippen LogP contribution in [0.15, 0.2) is 42.6 Å². The van der Waals surface area contributed by atoms with Gasteiger partial charge in [-0.15, -0.1) is 0 Å². The third kappa shape index (κ3) is 2.42. The maximum atomic E-state index is 10.8. The van der Waals surface area contributed by atoms with Crippen molar-refractivity contribution in [3.05, 3.63) is 63.8 Å². The van der Waals surface area contributed by atoms with Crippen LogP contribution in [0, 0.1) is 0 Å². The number of benzene rings is 2. The van der Waals surface area contributed by atoms with E-state index in [4.69, 9.17) is 23.2 Å². The third-order valence-electron chi connectivity index (χ3n) is 3.08. The van der Waals surface area contributed by atoms with Crippen molar-refractivity contribution in [3.8, 4) is 0 Å². The van der Waals surface area contributed by atoms with Crippen LogP contribution in [0.1, 0.15) is 15.9 Å². The number of hydrogen-bond acceptors (Lipinski definition) is 2. The van der Waals surface area contributed by atoms with Crippen molar-refractivity contribution in [2.24, 2.45) is 0 Å². The summed E-state index contributed by atoms with van der Waals surface area (Å²) in [6.07, 6.45) is 2.71. The SMILES string of the molecule is O=Cc1ccc2nn(Cc3cccc(Cl)c3Cl)cc2c1. The Hall–Kier alpha value is -1.84. The van der Waals surface area contributed by atoms with Crippen LogP contribution in [0.4, 0.5) is 0 Å². The average molecular weight is 305 g/mol. The molecule has 0 bridgehead atoms. The zero-order valence-electron chi connectivity index (χ0n) is 10.4. The minimum absolute atomic E-state index is 0.532. The Morgan fingerprint density at radius 2 is 2.05 bits per heavy atom. The second-order valence-corrected chi connectivity index (χ2v) is 5.26. The van der Waals surface area contributed by atoms with Gasteiger partial charge in [-0.3, -0.25) is 9.48 Å². The van der Waals surface area contributed by atoms with Gasteiger partial charge in [-0.1, -0.05) is 35.3 Å². The first-order valence-corrected chi connectivity index (χ1v) is 6.78. The molecule has 5 heteroatoms. The van der Waals surface area contributed by atoms with Gasteiger partial charge in [0.1, 0.15) is 6.29 Å². The third-order valence-corrected chi connectivity index (χ3v) is 3.93. The van der Waals surface area contributed by atoms with E-state index in [1.165, 1.54) is 0 Å². The number of aromatic nitrogens is 2. The largest absolute Gasteiger partial charge is 0.298 e. The van der Waals surface area contributed by atoms with E-state index in [1.807, 2.05) is 30.5 Å². The van der Waals surface area contributed by atoms with Gasteiger partial charge in [0.2, 0.25) is 0 Å². The molecule has 2 aromatic carbocycles. The molecule has 0 unspecified atom stereocenters. The van der Waals surface area contributed by atoms with Gasteiger partial charge in [0.05, 0.1) is 22.1 Å². The summed E-state index contributed by atoms with van der Waals surface area (Å²) in [5.41, 5.74) is 2.38. The van der Waals surface area contributed by atoms with Crippen molar-refractivity contribution in [3.63, 3.8) is 0 Å². The summed E-state index contributed by atoms with van der Waals surface area (Å²) in [7, 11) is 0. The Morgan fingerprint density at radius 3 is 2.85 bits per heavy atom. The van der Waals surface area contributed by atoms with Crippen molar-refractivity contribution >= 4 is 40.4 Å². The maximum Gasteiger partial charge on any atom is 0.150 e. The van der Waals surface area contributed by atoms with Crippen LogP contribution in [0.2, 0.25) is 10.0 Å². The molecule has 3 rings (SSSR count). The van der Waals surface area contributed by atoms with Gasteiger partial charge in [-0.05, 0) is 29.8 Å². The summed E-state index contributed by atoms with van der Waals surface area (Å²) in [4.78, 5) is 10.8. The number of hydrogen-bond donors (Lipinski definition) is 0. The zero-order valence-corrected chi connectivity index (χ0v) is 11.9. The molecule has 20 heavy (non-hydrogen) atoms. The smallest absolute Gasteiger partial charge is 0.150 e. The molecule has 0 spiro atoms. The summed E-state index contributed by atoms with van der Waals surface area (Å²) in [5, 5.41) is 6.45. The molecule has 3 nitrogen and oxygen atoms in total. The molecular formula is C15H10Cl2N2O. The van der Waals surface area contributed by atoms with Gasteiger partial charge in [0.15, 0.2) is 0 Å². The molecule has 0 saturated heterocycles. The molecule has 0 atom stereocenters. The summed E-state index contributed by atoms with van der Waals surface area (Å²) >= 11 is 12.2. The molecular weight excluding hydrogens is 295 g/mol.